The molecule has 21 heavy (non-hydrogen) atoms. The van der Waals surface area contributed by atoms with E-state index in [1.807, 2.05) is 0 Å². The van der Waals surface area contributed by atoms with Gasteiger partial charge in [-0.1, -0.05) is 44.1 Å². The van der Waals surface area contributed by atoms with Crippen LogP contribution in [-0.2, 0) is 11.3 Å². The molecule has 1 aliphatic rings. The molecule has 0 bridgehead atoms. The first-order chi connectivity index (χ1) is 10.2. The highest BCUT2D eigenvalue weighted by atomic mass is 19.1. The maximum Gasteiger partial charge on any atom is 0.124 e. The Morgan fingerprint density at radius 2 is 2.24 bits per heavy atom. The van der Waals surface area contributed by atoms with Gasteiger partial charge >= 0.3 is 0 Å². The minimum Gasteiger partial charge on any atom is -0.373 e. The van der Waals surface area contributed by atoms with E-state index in [2.05, 4.69) is 18.8 Å². The monoisotopic (exact) mass is 289 g/mol. The zero-order valence-electron chi connectivity index (χ0n) is 12.7. The number of halogens is 1. The van der Waals surface area contributed by atoms with Crippen LogP contribution in [0.4, 0.5) is 4.39 Å². The first kappa shape index (κ1) is 16.0. The number of ether oxygens (including phenoxy) is 1. The normalized spacial score (nSPS) is 21.7. The molecule has 2 atom stereocenters. The van der Waals surface area contributed by atoms with Gasteiger partial charge < -0.3 is 10.5 Å². The number of benzene rings is 1. The number of nitrogens with two attached hydrogens (primary N) is 1. The summed E-state index contributed by atoms with van der Waals surface area (Å²) in [6, 6.07) is 4.68. The van der Waals surface area contributed by atoms with Gasteiger partial charge in [0.15, 0.2) is 0 Å². The summed E-state index contributed by atoms with van der Waals surface area (Å²) in [5.74, 6) is 6.22. The first-order valence-corrected chi connectivity index (χ1v) is 7.82. The topological polar surface area (TPSA) is 35.2 Å². The van der Waals surface area contributed by atoms with Crippen LogP contribution in [-0.4, -0.2) is 12.6 Å². The minimum atomic E-state index is -0.274. The van der Waals surface area contributed by atoms with Crippen molar-refractivity contribution in [3.05, 3.63) is 35.1 Å². The molecule has 1 aromatic rings. The molecule has 2 rings (SSSR count). The smallest absolute Gasteiger partial charge is 0.124 e. The van der Waals surface area contributed by atoms with Crippen molar-refractivity contribution >= 4 is 0 Å². The van der Waals surface area contributed by atoms with E-state index in [9.17, 15) is 4.39 Å². The number of hydrogen-bond acceptors (Lipinski definition) is 2. The summed E-state index contributed by atoms with van der Waals surface area (Å²) < 4.78 is 19.4. The van der Waals surface area contributed by atoms with Crippen LogP contribution in [0.1, 0.15) is 50.2 Å². The van der Waals surface area contributed by atoms with Gasteiger partial charge in [0.1, 0.15) is 5.82 Å². The largest absolute Gasteiger partial charge is 0.373 e. The van der Waals surface area contributed by atoms with E-state index in [0.29, 0.717) is 18.3 Å². The van der Waals surface area contributed by atoms with Crippen LogP contribution in [0.25, 0.3) is 0 Å². The van der Waals surface area contributed by atoms with Crippen LogP contribution < -0.4 is 5.73 Å². The van der Waals surface area contributed by atoms with Gasteiger partial charge in [-0.2, -0.15) is 0 Å². The van der Waals surface area contributed by atoms with Crippen molar-refractivity contribution in [1.29, 1.82) is 0 Å². The Hall–Kier alpha value is -1.37. The van der Waals surface area contributed by atoms with Crippen LogP contribution in [0.3, 0.4) is 0 Å². The molecule has 1 saturated carbocycles. The molecule has 0 aromatic heterocycles. The van der Waals surface area contributed by atoms with E-state index >= 15 is 0 Å². The van der Waals surface area contributed by atoms with Gasteiger partial charge in [-0.05, 0) is 36.5 Å². The summed E-state index contributed by atoms with van der Waals surface area (Å²) >= 11 is 0. The zero-order valence-corrected chi connectivity index (χ0v) is 12.7. The van der Waals surface area contributed by atoms with Crippen molar-refractivity contribution < 1.29 is 9.13 Å². The molecule has 0 aliphatic heterocycles. The van der Waals surface area contributed by atoms with E-state index in [1.54, 1.807) is 6.07 Å². The van der Waals surface area contributed by atoms with Gasteiger partial charge in [-0.25, -0.2) is 4.39 Å². The van der Waals surface area contributed by atoms with Crippen LogP contribution in [0, 0.1) is 23.6 Å². The zero-order chi connectivity index (χ0) is 15.1. The molecule has 114 valence electrons. The Labute approximate surface area is 126 Å². The summed E-state index contributed by atoms with van der Waals surface area (Å²) in [7, 11) is 0. The van der Waals surface area contributed by atoms with E-state index < -0.39 is 0 Å². The third kappa shape index (κ3) is 4.84. The van der Waals surface area contributed by atoms with Gasteiger partial charge in [0.2, 0.25) is 0 Å². The van der Waals surface area contributed by atoms with Crippen LogP contribution in [0.5, 0.6) is 0 Å². The molecule has 2 nitrogen and oxygen atoms in total. The quantitative estimate of drug-likeness (QED) is 0.859. The highest BCUT2D eigenvalue weighted by Crippen LogP contribution is 2.29. The number of hydrogen-bond donors (Lipinski definition) is 1. The van der Waals surface area contributed by atoms with Gasteiger partial charge in [-0.3, -0.25) is 0 Å². The summed E-state index contributed by atoms with van der Waals surface area (Å²) in [5.41, 5.74) is 7.01. The Balaban J connectivity index is 1.99. The molecule has 1 fully saturated rings. The predicted octanol–water partition coefficient (Wildman–Crippen LogP) is 3.62. The lowest BCUT2D eigenvalue weighted by atomic mass is 9.85. The van der Waals surface area contributed by atoms with E-state index in [-0.39, 0.29) is 12.4 Å². The molecule has 2 unspecified atom stereocenters. The maximum atomic E-state index is 13.3. The fourth-order valence-electron chi connectivity index (χ4n) is 2.91. The highest BCUT2D eigenvalue weighted by molar-refractivity contribution is 5.41. The standard InChI is InChI=1S/C18H24FNO/c1-2-14-5-3-7-18(11-14)21-13-16-8-9-17(19)12-15(16)6-4-10-20/h8-9,12,14,18H,2-3,5,7,10-11,13,20H2,1H3. The molecule has 0 amide bonds. The second-order valence-electron chi connectivity index (χ2n) is 5.68. The van der Waals surface area contributed by atoms with Crippen LogP contribution >= 0.6 is 0 Å². The van der Waals surface area contributed by atoms with Gasteiger partial charge in [-0.15, -0.1) is 0 Å². The third-order valence-corrected chi connectivity index (χ3v) is 4.18. The predicted molar refractivity (Wildman–Crippen MR) is 83.2 cm³/mol. The third-order valence-electron chi connectivity index (χ3n) is 4.18. The summed E-state index contributed by atoms with van der Waals surface area (Å²) in [6.07, 6.45) is 6.38. The Bertz CT molecular complexity index is 518. The van der Waals surface area contributed by atoms with E-state index in [1.165, 1.54) is 31.4 Å². The molecule has 0 saturated heterocycles. The van der Waals surface area contributed by atoms with Crippen molar-refractivity contribution in [2.75, 3.05) is 6.54 Å². The molecule has 1 aliphatic carbocycles. The maximum absolute atomic E-state index is 13.3. The summed E-state index contributed by atoms with van der Waals surface area (Å²) in [6.45, 7) is 3.01. The van der Waals surface area contributed by atoms with Crippen molar-refractivity contribution in [2.45, 2.75) is 51.7 Å². The number of rotatable bonds is 4. The molecule has 0 heterocycles. The first-order valence-electron chi connectivity index (χ1n) is 7.82. The second-order valence-corrected chi connectivity index (χ2v) is 5.68. The second kappa shape index (κ2) is 8.17. The fraction of sp³-hybridized carbons (Fsp3) is 0.556. The minimum absolute atomic E-state index is 0.274. The lowest BCUT2D eigenvalue weighted by molar-refractivity contribution is 0.00167. The summed E-state index contributed by atoms with van der Waals surface area (Å²) in [5, 5.41) is 0. The SMILES string of the molecule is CCC1CCCC(OCc2ccc(F)cc2C#CCN)C1. The van der Waals surface area contributed by atoms with Gasteiger partial charge in [0.25, 0.3) is 0 Å². The van der Waals surface area contributed by atoms with Crippen molar-refractivity contribution in [1.82, 2.24) is 0 Å². The van der Waals surface area contributed by atoms with Crippen LogP contribution in [0.2, 0.25) is 0 Å². The average molecular weight is 289 g/mol. The molecule has 2 N–H and O–H groups in total. The fourth-order valence-corrected chi connectivity index (χ4v) is 2.91. The van der Waals surface area contributed by atoms with Crippen molar-refractivity contribution in [3.8, 4) is 11.8 Å². The Kier molecular flexibility index (Phi) is 6.22. The Morgan fingerprint density at radius 3 is 3.00 bits per heavy atom. The average Bonchev–Trinajstić information content (AvgIpc) is 2.52. The lowest BCUT2D eigenvalue weighted by Gasteiger charge is -2.28. The van der Waals surface area contributed by atoms with E-state index in [0.717, 1.165) is 24.3 Å². The van der Waals surface area contributed by atoms with E-state index in [4.69, 9.17) is 10.5 Å². The van der Waals surface area contributed by atoms with Crippen molar-refractivity contribution in [2.24, 2.45) is 11.7 Å². The summed E-state index contributed by atoms with van der Waals surface area (Å²) in [4.78, 5) is 0. The molecule has 0 radical (unpaired) electrons. The molecular weight excluding hydrogens is 265 g/mol. The highest BCUT2D eigenvalue weighted by Gasteiger charge is 2.21. The lowest BCUT2D eigenvalue weighted by Crippen LogP contribution is -2.22. The molecular formula is C18H24FNO. The van der Waals surface area contributed by atoms with Crippen LogP contribution in [0.15, 0.2) is 18.2 Å². The molecule has 3 heteroatoms. The molecule has 1 aromatic carbocycles. The van der Waals surface area contributed by atoms with Gasteiger partial charge in [0, 0.05) is 5.56 Å². The van der Waals surface area contributed by atoms with Crippen molar-refractivity contribution in [3.63, 3.8) is 0 Å². The molecule has 0 spiro atoms. The van der Waals surface area contributed by atoms with Gasteiger partial charge in [0.05, 0.1) is 19.3 Å². The Morgan fingerprint density at radius 1 is 1.38 bits per heavy atom.